The van der Waals surface area contributed by atoms with Crippen molar-refractivity contribution in [3.63, 3.8) is 0 Å². The molecule has 2 saturated heterocycles. The first-order valence-corrected chi connectivity index (χ1v) is 12.5. The van der Waals surface area contributed by atoms with E-state index >= 15 is 0 Å². The molecule has 0 unspecified atom stereocenters. The first kappa shape index (κ1) is 23.4. The van der Waals surface area contributed by atoms with E-state index in [2.05, 4.69) is 49.4 Å². The molecule has 0 aliphatic carbocycles. The second-order valence-electron chi connectivity index (χ2n) is 9.23. The van der Waals surface area contributed by atoms with Crippen molar-refractivity contribution in [3.8, 4) is 11.3 Å². The smallest absolute Gasteiger partial charge is 0.291 e. The number of ether oxygens (including phenoxy) is 1. The van der Waals surface area contributed by atoms with Gasteiger partial charge in [0.25, 0.3) is 5.91 Å². The van der Waals surface area contributed by atoms with E-state index in [9.17, 15) is 4.79 Å². The molecule has 186 valence electrons. The molecule has 1 aromatic carbocycles. The normalized spacial score (nSPS) is 16.9. The molecule has 0 radical (unpaired) electrons. The van der Waals surface area contributed by atoms with Crippen molar-refractivity contribution in [2.45, 2.75) is 19.3 Å². The number of anilines is 3. The van der Waals surface area contributed by atoms with Crippen LogP contribution in [0.3, 0.4) is 0 Å². The number of rotatable bonds is 8. The average molecular weight is 479 g/mol. The molecule has 3 aromatic rings. The maximum atomic E-state index is 13.1. The molecule has 0 bridgehead atoms. The van der Waals surface area contributed by atoms with Gasteiger partial charge in [-0.15, -0.1) is 0 Å². The number of amides is 1. The van der Waals surface area contributed by atoms with Crippen LogP contribution >= 0.6 is 0 Å². The van der Waals surface area contributed by atoms with E-state index in [0.29, 0.717) is 5.76 Å². The van der Waals surface area contributed by atoms with Crippen LogP contribution < -0.4 is 15.1 Å². The van der Waals surface area contributed by atoms with E-state index in [4.69, 9.17) is 9.15 Å². The van der Waals surface area contributed by atoms with E-state index in [1.807, 2.05) is 6.07 Å². The molecule has 9 nitrogen and oxygen atoms in total. The van der Waals surface area contributed by atoms with Gasteiger partial charge in [0.1, 0.15) is 5.76 Å². The molecule has 0 spiro atoms. The molecule has 2 aliphatic rings. The van der Waals surface area contributed by atoms with Crippen LogP contribution in [0.5, 0.6) is 0 Å². The van der Waals surface area contributed by atoms with Gasteiger partial charge in [-0.05, 0) is 49.6 Å². The molecule has 5 rings (SSSR count). The average Bonchev–Trinajstić information content (AvgIpc) is 3.61. The molecular formula is C26H34N6O3. The molecule has 2 fully saturated rings. The Balaban J connectivity index is 1.32. The Kier molecular flexibility index (Phi) is 7.34. The van der Waals surface area contributed by atoms with Gasteiger partial charge >= 0.3 is 0 Å². The largest absolute Gasteiger partial charge is 0.451 e. The monoisotopic (exact) mass is 478 g/mol. The van der Waals surface area contributed by atoms with Crippen LogP contribution in [0.25, 0.3) is 11.3 Å². The van der Waals surface area contributed by atoms with Crippen LogP contribution in [0.15, 0.2) is 47.1 Å². The number of aromatic nitrogens is 2. The molecule has 0 atom stereocenters. The summed E-state index contributed by atoms with van der Waals surface area (Å²) in [6.07, 6.45) is 6.99. The number of furan rings is 1. The minimum atomic E-state index is -0.258. The highest BCUT2D eigenvalue weighted by Crippen LogP contribution is 2.33. The highest BCUT2D eigenvalue weighted by molar-refractivity contribution is 6.04. The maximum absolute atomic E-state index is 13.1. The van der Waals surface area contributed by atoms with E-state index < -0.39 is 0 Å². The molecule has 4 heterocycles. The van der Waals surface area contributed by atoms with E-state index in [-0.39, 0.29) is 11.7 Å². The summed E-state index contributed by atoms with van der Waals surface area (Å²) in [5, 5.41) is 9.80. The van der Waals surface area contributed by atoms with Crippen molar-refractivity contribution in [2.75, 3.05) is 74.6 Å². The van der Waals surface area contributed by atoms with Crippen LogP contribution in [-0.2, 0) is 4.74 Å². The van der Waals surface area contributed by atoms with Crippen LogP contribution in [0.2, 0.25) is 0 Å². The Morgan fingerprint density at radius 2 is 1.94 bits per heavy atom. The van der Waals surface area contributed by atoms with Gasteiger partial charge < -0.3 is 24.3 Å². The third kappa shape index (κ3) is 5.68. The summed E-state index contributed by atoms with van der Waals surface area (Å²) in [7, 11) is 2.13. The number of morpholine rings is 1. The summed E-state index contributed by atoms with van der Waals surface area (Å²) in [6.45, 7) is 7.56. The van der Waals surface area contributed by atoms with Gasteiger partial charge in [-0.3, -0.25) is 14.8 Å². The van der Waals surface area contributed by atoms with Crippen molar-refractivity contribution in [1.29, 1.82) is 0 Å². The van der Waals surface area contributed by atoms with Crippen LogP contribution in [0.1, 0.15) is 29.8 Å². The Labute approximate surface area is 206 Å². The quantitative estimate of drug-likeness (QED) is 0.510. The molecule has 9 heteroatoms. The number of likely N-dealkylation sites (N-methyl/N-ethyl adjacent to an activating group) is 1. The van der Waals surface area contributed by atoms with Crippen LogP contribution in [0.4, 0.5) is 17.1 Å². The van der Waals surface area contributed by atoms with Crippen molar-refractivity contribution >= 4 is 23.0 Å². The number of hydrogen-bond donors (Lipinski definition) is 2. The summed E-state index contributed by atoms with van der Waals surface area (Å²) in [6, 6.07) is 9.80. The number of nitrogens with zero attached hydrogens (tertiary/aromatic N) is 4. The number of piperidine rings is 1. The number of aromatic amines is 1. The van der Waals surface area contributed by atoms with Gasteiger partial charge in [0.05, 0.1) is 36.3 Å². The number of hydrogen-bond acceptors (Lipinski definition) is 7. The summed E-state index contributed by atoms with van der Waals surface area (Å²) >= 11 is 0. The minimum absolute atomic E-state index is 0.258. The molecule has 2 aliphatic heterocycles. The van der Waals surface area contributed by atoms with Gasteiger partial charge in [0.2, 0.25) is 0 Å². The van der Waals surface area contributed by atoms with Gasteiger partial charge in [0, 0.05) is 58.2 Å². The van der Waals surface area contributed by atoms with Gasteiger partial charge in [-0.1, -0.05) is 0 Å². The SMILES string of the molecule is CN(CCN1CCOCC1)c1ccc(NC(=O)c2ccc(-c3cn[nH]c3)o2)c(N2CCCCC2)c1. The standard InChI is InChI=1S/C26H34N6O3/c1-30(11-12-31-13-15-34-16-14-31)21-5-6-22(23(17-21)32-9-3-2-4-10-32)29-26(33)25-8-7-24(35-25)20-18-27-28-19-20/h5-8,17-19H,2-4,9-16H2,1H3,(H,27,28)(H,29,33). The molecule has 1 amide bonds. The predicted molar refractivity (Wildman–Crippen MR) is 137 cm³/mol. The Morgan fingerprint density at radius 3 is 2.71 bits per heavy atom. The Hall–Kier alpha value is -3.30. The van der Waals surface area contributed by atoms with Crippen molar-refractivity contribution in [2.24, 2.45) is 0 Å². The second-order valence-corrected chi connectivity index (χ2v) is 9.23. The fourth-order valence-electron chi connectivity index (χ4n) is 4.69. The summed E-state index contributed by atoms with van der Waals surface area (Å²) in [5.41, 5.74) is 3.83. The summed E-state index contributed by atoms with van der Waals surface area (Å²) in [4.78, 5) is 20.2. The fraction of sp³-hybridized carbons (Fsp3) is 0.462. The lowest BCUT2D eigenvalue weighted by molar-refractivity contribution is 0.0393. The molecule has 2 N–H and O–H groups in total. The lowest BCUT2D eigenvalue weighted by Gasteiger charge is -2.32. The zero-order valence-electron chi connectivity index (χ0n) is 20.3. The fourth-order valence-corrected chi connectivity index (χ4v) is 4.69. The highest BCUT2D eigenvalue weighted by Gasteiger charge is 2.20. The predicted octanol–water partition coefficient (Wildman–Crippen LogP) is 3.68. The number of benzene rings is 1. The summed E-state index contributed by atoms with van der Waals surface area (Å²) in [5.74, 6) is 0.626. The van der Waals surface area contributed by atoms with Gasteiger partial charge in [0.15, 0.2) is 5.76 Å². The summed E-state index contributed by atoms with van der Waals surface area (Å²) < 4.78 is 11.3. The topological polar surface area (TPSA) is 89.9 Å². The van der Waals surface area contributed by atoms with Crippen molar-refractivity contribution < 1.29 is 13.9 Å². The lowest BCUT2D eigenvalue weighted by Crippen LogP contribution is -2.40. The van der Waals surface area contributed by atoms with Crippen LogP contribution in [0, 0.1) is 0 Å². The molecule has 0 saturated carbocycles. The third-order valence-electron chi connectivity index (χ3n) is 6.83. The van der Waals surface area contributed by atoms with Gasteiger partial charge in [-0.25, -0.2) is 0 Å². The number of carbonyl (C=O) groups is 1. The zero-order valence-corrected chi connectivity index (χ0v) is 20.3. The Bertz CT molecular complexity index is 1100. The van der Waals surface area contributed by atoms with E-state index in [1.54, 1.807) is 24.5 Å². The number of carbonyl (C=O) groups excluding carboxylic acids is 1. The van der Waals surface area contributed by atoms with Crippen LogP contribution in [-0.4, -0.2) is 80.5 Å². The Morgan fingerprint density at radius 1 is 1.11 bits per heavy atom. The van der Waals surface area contributed by atoms with Gasteiger partial charge in [-0.2, -0.15) is 5.10 Å². The second kappa shape index (κ2) is 11.0. The van der Waals surface area contributed by atoms with E-state index in [1.165, 1.54) is 6.42 Å². The molecule has 35 heavy (non-hydrogen) atoms. The first-order chi connectivity index (χ1) is 17.2. The van der Waals surface area contributed by atoms with Crippen molar-refractivity contribution in [1.82, 2.24) is 15.1 Å². The van der Waals surface area contributed by atoms with E-state index in [0.717, 1.165) is 87.9 Å². The maximum Gasteiger partial charge on any atom is 0.291 e. The molecule has 2 aromatic heterocycles. The number of H-pyrrole nitrogens is 1. The lowest BCUT2D eigenvalue weighted by atomic mass is 10.1. The number of nitrogens with one attached hydrogen (secondary N) is 2. The van der Waals surface area contributed by atoms with Crippen molar-refractivity contribution in [3.05, 3.63) is 48.5 Å². The zero-order chi connectivity index (χ0) is 24.0. The third-order valence-corrected chi connectivity index (χ3v) is 6.83. The molecular weight excluding hydrogens is 444 g/mol. The minimum Gasteiger partial charge on any atom is -0.451 e. The highest BCUT2D eigenvalue weighted by atomic mass is 16.5. The first-order valence-electron chi connectivity index (χ1n) is 12.5.